The van der Waals surface area contributed by atoms with Crippen LogP contribution in [0.4, 0.5) is 0 Å². The van der Waals surface area contributed by atoms with Crippen molar-refractivity contribution in [2.75, 3.05) is 26.3 Å². The lowest BCUT2D eigenvalue weighted by Crippen LogP contribution is -2.32. The van der Waals surface area contributed by atoms with E-state index in [9.17, 15) is 4.79 Å². The fourth-order valence-corrected chi connectivity index (χ4v) is 3.13. The van der Waals surface area contributed by atoms with Crippen molar-refractivity contribution in [2.24, 2.45) is 17.6 Å². The quantitative estimate of drug-likeness (QED) is 0.746. The molecule has 0 bridgehead atoms. The van der Waals surface area contributed by atoms with Crippen LogP contribution in [-0.4, -0.2) is 43.2 Å². The SMILES string of the molecule is CCOCCC(=O)N1C[C@H]2CCC(N)C[C@H]2C1. The molecule has 1 heterocycles. The van der Waals surface area contributed by atoms with Gasteiger partial charge in [0.25, 0.3) is 0 Å². The van der Waals surface area contributed by atoms with Gasteiger partial charge in [-0.2, -0.15) is 0 Å². The largest absolute Gasteiger partial charge is 0.381 e. The van der Waals surface area contributed by atoms with E-state index in [0.717, 1.165) is 25.9 Å². The van der Waals surface area contributed by atoms with E-state index in [1.807, 2.05) is 11.8 Å². The molecule has 1 saturated carbocycles. The first-order valence-electron chi connectivity index (χ1n) is 6.81. The molecule has 4 heteroatoms. The second-order valence-electron chi connectivity index (χ2n) is 5.34. The average molecular weight is 240 g/mol. The van der Waals surface area contributed by atoms with E-state index < -0.39 is 0 Å². The number of likely N-dealkylation sites (tertiary alicyclic amines) is 1. The Morgan fingerprint density at radius 3 is 2.88 bits per heavy atom. The van der Waals surface area contributed by atoms with E-state index in [1.54, 1.807) is 0 Å². The molecule has 1 aliphatic carbocycles. The van der Waals surface area contributed by atoms with E-state index in [4.69, 9.17) is 10.5 Å². The number of nitrogens with zero attached hydrogens (tertiary/aromatic N) is 1. The Balaban J connectivity index is 1.78. The van der Waals surface area contributed by atoms with Crippen molar-refractivity contribution in [2.45, 2.75) is 38.6 Å². The molecule has 2 fully saturated rings. The summed E-state index contributed by atoms with van der Waals surface area (Å²) in [6, 6.07) is 0.356. The van der Waals surface area contributed by atoms with E-state index in [-0.39, 0.29) is 5.91 Å². The van der Waals surface area contributed by atoms with Gasteiger partial charge >= 0.3 is 0 Å². The van der Waals surface area contributed by atoms with Crippen molar-refractivity contribution in [3.8, 4) is 0 Å². The number of hydrogen-bond donors (Lipinski definition) is 1. The maximum Gasteiger partial charge on any atom is 0.224 e. The smallest absolute Gasteiger partial charge is 0.224 e. The summed E-state index contributed by atoms with van der Waals surface area (Å²) < 4.78 is 5.23. The molecule has 0 aromatic rings. The van der Waals surface area contributed by atoms with Crippen LogP contribution in [0.5, 0.6) is 0 Å². The van der Waals surface area contributed by atoms with Crippen LogP contribution in [0.2, 0.25) is 0 Å². The minimum Gasteiger partial charge on any atom is -0.381 e. The van der Waals surface area contributed by atoms with Gasteiger partial charge in [-0.3, -0.25) is 4.79 Å². The molecule has 0 aromatic carbocycles. The van der Waals surface area contributed by atoms with Crippen molar-refractivity contribution in [3.05, 3.63) is 0 Å². The van der Waals surface area contributed by atoms with Gasteiger partial charge in [-0.25, -0.2) is 0 Å². The van der Waals surface area contributed by atoms with Crippen LogP contribution in [0.15, 0.2) is 0 Å². The number of hydrogen-bond acceptors (Lipinski definition) is 3. The maximum atomic E-state index is 12.0. The third kappa shape index (κ3) is 3.19. The van der Waals surface area contributed by atoms with Crippen LogP contribution in [0.25, 0.3) is 0 Å². The number of amides is 1. The fraction of sp³-hybridized carbons (Fsp3) is 0.923. The summed E-state index contributed by atoms with van der Waals surface area (Å²) in [6.45, 7) is 5.07. The number of carbonyl (C=O) groups excluding carboxylic acids is 1. The Labute approximate surface area is 103 Å². The zero-order valence-electron chi connectivity index (χ0n) is 10.7. The molecule has 1 saturated heterocycles. The zero-order valence-corrected chi connectivity index (χ0v) is 10.7. The Kier molecular flexibility index (Phi) is 4.40. The van der Waals surface area contributed by atoms with Crippen molar-refractivity contribution in [1.29, 1.82) is 0 Å². The third-order valence-electron chi connectivity index (χ3n) is 4.11. The minimum absolute atomic E-state index is 0.251. The maximum absolute atomic E-state index is 12.0. The van der Waals surface area contributed by atoms with Crippen molar-refractivity contribution in [1.82, 2.24) is 4.90 Å². The molecule has 4 nitrogen and oxygen atoms in total. The molecule has 0 aromatic heterocycles. The average Bonchev–Trinajstić information content (AvgIpc) is 2.72. The Hall–Kier alpha value is -0.610. The van der Waals surface area contributed by atoms with Gasteiger partial charge in [0.1, 0.15) is 0 Å². The van der Waals surface area contributed by atoms with E-state index in [1.165, 1.54) is 6.42 Å². The second-order valence-corrected chi connectivity index (χ2v) is 5.34. The standard InChI is InChI=1S/C13H24N2O2/c1-2-17-6-5-13(16)15-8-10-3-4-12(14)7-11(10)9-15/h10-12H,2-9,14H2,1H3/t10-,11+,12?/m1/s1. The minimum atomic E-state index is 0.251. The van der Waals surface area contributed by atoms with E-state index >= 15 is 0 Å². The van der Waals surface area contributed by atoms with Crippen LogP contribution < -0.4 is 5.73 Å². The fourth-order valence-electron chi connectivity index (χ4n) is 3.13. The molecule has 2 rings (SSSR count). The molecule has 17 heavy (non-hydrogen) atoms. The normalized spacial score (nSPS) is 32.6. The first-order valence-corrected chi connectivity index (χ1v) is 6.81. The summed E-state index contributed by atoms with van der Waals surface area (Å²) in [5, 5.41) is 0. The second kappa shape index (κ2) is 5.83. The third-order valence-corrected chi connectivity index (χ3v) is 4.11. The van der Waals surface area contributed by atoms with Gasteiger partial charge in [0.05, 0.1) is 13.0 Å². The molecular weight excluding hydrogens is 216 g/mol. The number of rotatable bonds is 4. The molecule has 3 atom stereocenters. The number of ether oxygens (including phenoxy) is 1. The summed E-state index contributed by atoms with van der Waals surface area (Å²) in [4.78, 5) is 14.0. The summed E-state index contributed by atoms with van der Waals surface area (Å²) in [6.07, 6.45) is 3.95. The van der Waals surface area contributed by atoms with Crippen LogP contribution in [0.3, 0.4) is 0 Å². The number of carbonyl (C=O) groups is 1. The molecule has 1 aliphatic heterocycles. The monoisotopic (exact) mass is 240 g/mol. The van der Waals surface area contributed by atoms with Crippen molar-refractivity contribution >= 4 is 5.91 Å². The summed E-state index contributed by atoms with van der Waals surface area (Å²) in [7, 11) is 0. The van der Waals surface area contributed by atoms with Crippen molar-refractivity contribution in [3.63, 3.8) is 0 Å². The van der Waals surface area contributed by atoms with Crippen molar-refractivity contribution < 1.29 is 9.53 Å². The Morgan fingerprint density at radius 1 is 1.35 bits per heavy atom. The molecule has 1 unspecified atom stereocenters. The van der Waals surface area contributed by atoms with E-state index in [0.29, 0.717) is 37.5 Å². The number of fused-ring (bicyclic) bond motifs is 1. The van der Waals surface area contributed by atoms with Gasteiger partial charge in [-0.1, -0.05) is 0 Å². The van der Waals surface area contributed by atoms with Crippen LogP contribution in [0.1, 0.15) is 32.6 Å². The first-order chi connectivity index (χ1) is 8.20. The topological polar surface area (TPSA) is 55.6 Å². The van der Waals surface area contributed by atoms with Gasteiger partial charge in [-0.05, 0) is 38.0 Å². The lowest BCUT2D eigenvalue weighted by atomic mass is 9.79. The highest BCUT2D eigenvalue weighted by Crippen LogP contribution is 2.35. The van der Waals surface area contributed by atoms with Gasteiger partial charge in [0.2, 0.25) is 5.91 Å². The predicted molar refractivity (Wildman–Crippen MR) is 66.5 cm³/mol. The van der Waals surface area contributed by atoms with Crippen LogP contribution in [-0.2, 0) is 9.53 Å². The lowest BCUT2D eigenvalue weighted by molar-refractivity contribution is -0.131. The summed E-state index contributed by atoms with van der Waals surface area (Å²) in [5.74, 6) is 1.60. The van der Waals surface area contributed by atoms with Gasteiger partial charge < -0.3 is 15.4 Å². The highest BCUT2D eigenvalue weighted by molar-refractivity contribution is 5.76. The highest BCUT2D eigenvalue weighted by atomic mass is 16.5. The molecule has 2 N–H and O–H groups in total. The summed E-state index contributed by atoms with van der Waals surface area (Å²) >= 11 is 0. The van der Waals surface area contributed by atoms with Gasteiger partial charge in [0, 0.05) is 25.7 Å². The summed E-state index contributed by atoms with van der Waals surface area (Å²) in [5.41, 5.74) is 5.99. The van der Waals surface area contributed by atoms with Gasteiger partial charge in [-0.15, -0.1) is 0 Å². The molecule has 0 radical (unpaired) electrons. The highest BCUT2D eigenvalue weighted by Gasteiger charge is 2.38. The lowest BCUT2D eigenvalue weighted by Gasteiger charge is -2.27. The molecular formula is C13H24N2O2. The molecule has 1 amide bonds. The van der Waals surface area contributed by atoms with Gasteiger partial charge in [0.15, 0.2) is 0 Å². The van der Waals surface area contributed by atoms with Crippen LogP contribution in [0, 0.1) is 11.8 Å². The number of nitrogens with two attached hydrogens (primary N) is 1. The molecule has 2 aliphatic rings. The Morgan fingerprint density at radius 2 is 2.12 bits per heavy atom. The first kappa shape index (κ1) is 12.8. The Bertz CT molecular complexity index is 270. The molecule has 0 spiro atoms. The zero-order chi connectivity index (χ0) is 12.3. The predicted octanol–water partition coefficient (Wildman–Crippen LogP) is 0.999. The van der Waals surface area contributed by atoms with E-state index in [2.05, 4.69) is 0 Å². The van der Waals surface area contributed by atoms with Crippen LogP contribution >= 0.6 is 0 Å². The molecule has 98 valence electrons.